The summed E-state index contributed by atoms with van der Waals surface area (Å²) in [5.41, 5.74) is 1.35. The smallest absolute Gasteiger partial charge is 0.123 e. The van der Waals surface area contributed by atoms with Crippen LogP contribution in [0, 0.1) is 11.2 Å². The zero-order chi connectivity index (χ0) is 14.4. The van der Waals surface area contributed by atoms with Crippen molar-refractivity contribution in [2.24, 2.45) is 5.41 Å². The van der Waals surface area contributed by atoms with Gasteiger partial charge in [-0.05, 0) is 36.1 Å². The number of rotatable bonds is 6. The molecule has 0 atom stereocenters. The summed E-state index contributed by atoms with van der Waals surface area (Å²) in [4.78, 5) is 0. The van der Waals surface area contributed by atoms with E-state index in [1.807, 2.05) is 30.3 Å². The molecule has 0 saturated heterocycles. The van der Waals surface area contributed by atoms with Gasteiger partial charge < -0.3 is 10.2 Å². The maximum atomic E-state index is 12.9. The second-order valence-corrected chi connectivity index (χ2v) is 5.28. The van der Waals surface area contributed by atoms with Crippen LogP contribution in [0.5, 0.6) is 0 Å². The summed E-state index contributed by atoms with van der Waals surface area (Å²) in [5.74, 6) is -0.282. The first kappa shape index (κ1) is 14.7. The average molecular weight is 274 g/mol. The van der Waals surface area contributed by atoms with E-state index in [0.717, 1.165) is 11.1 Å². The molecular weight excluding hydrogens is 255 g/mol. The molecule has 2 aromatic carbocycles. The van der Waals surface area contributed by atoms with E-state index >= 15 is 0 Å². The molecule has 0 heterocycles. The first-order valence-corrected chi connectivity index (χ1v) is 6.67. The quantitative estimate of drug-likeness (QED) is 0.850. The highest BCUT2D eigenvalue weighted by Crippen LogP contribution is 2.27. The molecule has 20 heavy (non-hydrogen) atoms. The minimum Gasteiger partial charge on any atom is -0.396 e. The van der Waals surface area contributed by atoms with Gasteiger partial charge >= 0.3 is 0 Å². The Bertz CT molecular complexity index is 518. The molecule has 2 N–H and O–H groups in total. The first-order chi connectivity index (χ1) is 9.67. The van der Waals surface area contributed by atoms with Crippen molar-refractivity contribution >= 4 is 0 Å². The topological polar surface area (TPSA) is 40.5 Å². The summed E-state index contributed by atoms with van der Waals surface area (Å²) in [6.45, 7) is -0.231. The maximum Gasteiger partial charge on any atom is 0.123 e. The van der Waals surface area contributed by atoms with E-state index in [2.05, 4.69) is 0 Å². The Balaban J connectivity index is 2.18. The van der Waals surface area contributed by atoms with Crippen LogP contribution in [0.3, 0.4) is 0 Å². The van der Waals surface area contributed by atoms with Gasteiger partial charge in [-0.15, -0.1) is 0 Å². The lowest BCUT2D eigenvalue weighted by atomic mass is 9.78. The number of halogens is 1. The Morgan fingerprint density at radius 1 is 0.750 bits per heavy atom. The predicted octanol–water partition coefficient (Wildman–Crippen LogP) is 2.58. The van der Waals surface area contributed by atoms with Crippen LogP contribution in [0.15, 0.2) is 54.6 Å². The lowest BCUT2D eigenvalue weighted by molar-refractivity contribution is 0.0548. The summed E-state index contributed by atoms with van der Waals surface area (Å²) in [6, 6.07) is 16.0. The average Bonchev–Trinajstić information content (AvgIpc) is 2.50. The van der Waals surface area contributed by atoms with E-state index in [9.17, 15) is 14.6 Å². The largest absolute Gasteiger partial charge is 0.396 e. The third kappa shape index (κ3) is 3.65. The van der Waals surface area contributed by atoms with E-state index in [1.165, 1.54) is 12.1 Å². The number of aliphatic hydroxyl groups is 2. The lowest BCUT2D eigenvalue weighted by Gasteiger charge is -2.30. The van der Waals surface area contributed by atoms with Crippen molar-refractivity contribution in [1.82, 2.24) is 0 Å². The normalized spacial score (nSPS) is 11.6. The highest BCUT2D eigenvalue weighted by atomic mass is 19.1. The third-order valence-electron chi connectivity index (χ3n) is 3.59. The molecule has 0 spiro atoms. The molecule has 2 nitrogen and oxygen atoms in total. The third-order valence-corrected chi connectivity index (χ3v) is 3.59. The van der Waals surface area contributed by atoms with E-state index < -0.39 is 5.41 Å². The van der Waals surface area contributed by atoms with Crippen molar-refractivity contribution in [3.05, 3.63) is 71.5 Å². The van der Waals surface area contributed by atoms with Crippen molar-refractivity contribution in [1.29, 1.82) is 0 Å². The van der Waals surface area contributed by atoms with Gasteiger partial charge in [0.05, 0.1) is 13.2 Å². The zero-order valence-corrected chi connectivity index (χ0v) is 11.3. The Morgan fingerprint density at radius 2 is 1.25 bits per heavy atom. The molecule has 0 aliphatic carbocycles. The number of benzene rings is 2. The van der Waals surface area contributed by atoms with Crippen LogP contribution in [-0.4, -0.2) is 23.4 Å². The fourth-order valence-electron chi connectivity index (χ4n) is 2.40. The molecular formula is C17H19FO2. The van der Waals surface area contributed by atoms with Gasteiger partial charge in [0.15, 0.2) is 0 Å². The van der Waals surface area contributed by atoms with Gasteiger partial charge in [-0.25, -0.2) is 4.39 Å². The minimum absolute atomic E-state index is 0.115. The molecule has 0 saturated carbocycles. The summed E-state index contributed by atoms with van der Waals surface area (Å²) in [7, 11) is 0. The van der Waals surface area contributed by atoms with E-state index in [1.54, 1.807) is 12.1 Å². The van der Waals surface area contributed by atoms with Crippen molar-refractivity contribution < 1.29 is 14.6 Å². The van der Waals surface area contributed by atoms with E-state index in [0.29, 0.717) is 12.8 Å². The monoisotopic (exact) mass is 274 g/mol. The van der Waals surface area contributed by atoms with Crippen LogP contribution >= 0.6 is 0 Å². The molecule has 2 aromatic rings. The van der Waals surface area contributed by atoms with Crippen LogP contribution in [0.25, 0.3) is 0 Å². The molecule has 0 aliphatic heterocycles. The zero-order valence-electron chi connectivity index (χ0n) is 11.3. The highest BCUT2D eigenvalue weighted by molar-refractivity contribution is 5.21. The molecule has 0 radical (unpaired) electrons. The first-order valence-electron chi connectivity index (χ1n) is 6.67. The van der Waals surface area contributed by atoms with Gasteiger partial charge in [-0.1, -0.05) is 42.5 Å². The molecule has 2 rings (SSSR count). The van der Waals surface area contributed by atoms with Gasteiger partial charge in [-0.2, -0.15) is 0 Å². The van der Waals surface area contributed by atoms with Crippen molar-refractivity contribution in [3.8, 4) is 0 Å². The Morgan fingerprint density at radius 3 is 1.75 bits per heavy atom. The molecule has 3 heteroatoms. The maximum absolute atomic E-state index is 12.9. The van der Waals surface area contributed by atoms with Crippen LogP contribution in [0.1, 0.15) is 11.1 Å². The van der Waals surface area contributed by atoms with Gasteiger partial charge in [-0.3, -0.25) is 0 Å². The highest BCUT2D eigenvalue weighted by Gasteiger charge is 2.29. The van der Waals surface area contributed by atoms with E-state index in [4.69, 9.17) is 0 Å². The van der Waals surface area contributed by atoms with Crippen molar-refractivity contribution in [3.63, 3.8) is 0 Å². The van der Waals surface area contributed by atoms with Gasteiger partial charge in [0, 0.05) is 5.41 Å². The number of aliphatic hydroxyl groups excluding tert-OH is 2. The molecule has 0 amide bonds. The summed E-state index contributed by atoms with van der Waals surface area (Å²) >= 11 is 0. The van der Waals surface area contributed by atoms with Crippen molar-refractivity contribution in [2.75, 3.05) is 13.2 Å². The summed E-state index contributed by atoms with van der Waals surface area (Å²) in [5, 5.41) is 19.4. The molecule has 0 aliphatic rings. The standard InChI is InChI=1S/C17H19FO2/c18-16-8-6-15(7-9-16)11-17(12-19,13-20)10-14-4-2-1-3-5-14/h1-9,19-20H,10-13H2. The van der Waals surface area contributed by atoms with Gasteiger partial charge in [0.25, 0.3) is 0 Å². The fraction of sp³-hybridized carbons (Fsp3) is 0.294. The molecule has 0 bridgehead atoms. The van der Waals surface area contributed by atoms with Crippen LogP contribution in [0.2, 0.25) is 0 Å². The van der Waals surface area contributed by atoms with Crippen LogP contribution < -0.4 is 0 Å². The second kappa shape index (κ2) is 6.64. The lowest BCUT2D eigenvalue weighted by Crippen LogP contribution is -2.34. The molecule has 0 unspecified atom stereocenters. The Kier molecular flexibility index (Phi) is 4.88. The number of hydrogen-bond donors (Lipinski definition) is 2. The Hall–Kier alpha value is -1.71. The Labute approximate surface area is 118 Å². The summed E-state index contributed by atoms with van der Waals surface area (Å²) in [6.07, 6.45) is 1.09. The number of hydrogen-bond acceptors (Lipinski definition) is 2. The van der Waals surface area contributed by atoms with E-state index in [-0.39, 0.29) is 19.0 Å². The summed E-state index contributed by atoms with van der Waals surface area (Å²) < 4.78 is 12.9. The van der Waals surface area contributed by atoms with Crippen LogP contribution in [-0.2, 0) is 12.8 Å². The molecule has 106 valence electrons. The second-order valence-electron chi connectivity index (χ2n) is 5.28. The van der Waals surface area contributed by atoms with Gasteiger partial charge in [0.2, 0.25) is 0 Å². The minimum atomic E-state index is -0.626. The SMILES string of the molecule is OCC(CO)(Cc1ccccc1)Cc1ccc(F)cc1. The molecule has 0 fully saturated rings. The van der Waals surface area contributed by atoms with Crippen LogP contribution in [0.4, 0.5) is 4.39 Å². The van der Waals surface area contributed by atoms with Gasteiger partial charge in [0.1, 0.15) is 5.82 Å². The fourth-order valence-corrected chi connectivity index (χ4v) is 2.40. The van der Waals surface area contributed by atoms with Crippen molar-refractivity contribution in [2.45, 2.75) is 12.8 Å². The predicted molar refractivity (Wildman–Crippen MR) is 76.9 cm³/mol. The molecule has 0 aromatic heterocycles.